The summed E-state index contributed by atoms with van der Waals surface area (Å²) >= 11 is 0. The fourth-order valence-corrected chi connectivity index (χ4v) is 5.73. The van der Waals surface area contributed by atoms with Gasteiger partial charge in [-0.15, -0.1) is 0 Å². The molecule has 0 spiro atoms. The molecular weight excluding hydrogens is 628 g/mol. The number of rotatable bonds is 30. The summed E-state index contributed by atoms with van der Waals surface area (Å²) < 4.78 is 11.4. The van der Waals surface area contributed by atoms with Crippen molar-refractivity contribution in [2.75, 3.05) is 65.5 Å². The highest BCUT2D eigenvalue weighted by Gasteiger charge is 2.12. The lowest BCUT2D eigenvalue weighted by Gasteiger charge is -2.23. The first-order valence-corrected chi connectivity index (χ1v) is 19.2. The van der Waals surface area contributed by atoms with Gasteiger partial charge in [0.25, 0.3) is 0 Å². The number of ether oxygens (including phenoxy) is 2. The largest absolute Gasteiger partial charge is 0.492 e. The normalized spacial score (nSPS) is 12.4. The number of hydrogen-bond donors (Lipinski definition) is 5. The highest BCUT2D eigenvalue weighted by atomic mass is 16.5. The van der Waals surface area contributed by atoms with E-state index in [4.69, 9.17) is 20.9 Å². The van der Waals surface area contributed by atoms with Crippen molar-refractivity contribution in [1.29, 1.82) is 0 Å². The number of carbonyl (C=O) groups is 2. The summed E-state index contributed by atoms with van der Waals surface area (Å²) in [7, 11) is 0. The fraction of sp³-hybridized carbons (Fsp3) is 0.650. The highest BCUT2D eigenvalue weighted by molar-refractivity contribution is 5.78. The van der Waals surface area contributed by atoms with Gasteiger partial charge >= 0.3 is 6.09 Å². The first-order chi connectivity index (χ1) is 24.4. The Morgan fingerprint density at radius 2 is 1.40 bits per heavy atom. The minimum absolute atomic E-state index is 0.0272. The van der Waals surface area contributed by atoms with Crippen LogP contribution in [-0.4, -0.2) is 82.4 Å². The van der Waals surface area contributed by atoms with Gasteiger partial charge in [0, 0.05) is 25.6 Å². The number of amides is 2. The molecule has 282 valence electrons. The maximum Gasteiger partial charge on any atom is 0.407 e. The maximum absolute atomic E-state index is 12.5. The third-order valence-electron chi connectivity index (χ3n) is 8.93. The molecule has 0 heterocycles. The van der Waals surface area contributed by atoms with Gasteiger partial charge in [0.2, 0.25) is 5.91 Å². The lowest BCUT2D eigenvalue weighted by molar-refractivity contribution is -0.124. The van der Waals surface area contributed by atoms with Crippen molar-refractivity contribution in [2.24, 2.45) is 23.3 Å². The number of aryl methyl sites for hydroxylation is 1. The van der Waals surface area contributed by atoms with Gasteiger partial charge in [0.15, 0.2) is 0 Å². The Kier molecular flexibility index (Phi) is 24.5. The molecule has 0 saturated heterocycles. The molecule has 0 unspecified atom stereocenters. The van der Waals surface area contributed by atoms with Crippen LogP contribution in [0.25, 0.3) is 0 Å². The monoisotopic (exact) mass is 697 g/mol. The van der Waals surface area contributed by atoms with Gasteiger partial charge in [-0.3, -0.25) is 9.69 Å². The summed E-state index contributed by atoms with van der Waals surface area (Å²) in [6.07, 6.45) is 10.8. The van der Waals surface area contributed by atoms with Gasteiger partial charge in [0.1, 0.15) is 19.0 Å². The van der Waals surface area contributed by atoms with E-state index in [-0.39, 0.29) is 24.5 Å². The van der Waals surface area contributed by atoms with Crippen LogP contribution in [0, 0.1) is 11.8 Å². The standard InChI is InChI=1S/C40H68N6O4/c1-34(14-6-9-23-41)32-43-25-12-28-46(29-13-27-44-39(47)35(2)15-7-10-24-42)30-31-49-38-21-19-36(20-22-38)16-8-11-26-45-40(48)50-33-37-17-4-3-5-18-37/h3-5,17-22,34-35,43H,6-16,23-33,41-42H2,1-2H3,(H,44,47)(H,45,48)/t34-,35-/m0/s1. The van der Waals surface area contributed by atoms with E-state index < -0.39 is 0 Å². The van der Waals surface area contributed by atoms with Crippen molar-refractivity contribution in [1.82, 2.24) is 20.9 Å². The van der Waals surface area contributed by atoms with Gasteiger partial charge < -0.3 is 36.9 Å². The zero-order valence-corrected chi connectivity index (χ0v) is 31.1. The molecule has 50 heavy (non-hydrogen) atoms. The molecule has 10 nitrogen and oxygen atoms in total. The number of carbonyl (C=O) groups excluding carboxylic acids is 2. The Balaban J connectivity index is 1.67. The van der Waals surface area contributed by atoms with Crippen molar-refractivity contribution < 1.29 is 19.1 Å². The molecule has 0 aliphatic heterocycles. The molecule has 0 aliphatic carbocycles. The molecule has 0 aromatic heterocycles. The smallest absolute Gasteiger partial charge is 0.407 e. The zero-order valence-electron chi connectivity index (χ0n) is 31.1. The van der Waals surface area contributed by atoms with E-state index in [0.29, 0.717) is 32.2 Å². The van der Waals surface area contributed by atoms with Crippen LogP contribution in [0.1, 0.15) is 89.2 Å². The summed E-state index contributed by atoms with van der Waals surface area (Å²) in [5, 5.41) is 9.59. The van der Waals surface area contributed by atoms with Gasteiger partial charge in [-0.05, 0) is 126 Å². The number of nitrogens with one attached hydrogen (secondary N) is 3. The molecular formula is C40H68N6O4. The number of alkyl carbamates (subject to hydrolysis) is 1. The molecule has 2 aromatic carbocycles. The van der Waals surface area contributed by atoms with Gasteiger partial charge in [-0.2, -0.15) is 0 Å². The van der Waals surface area contributed by atoms with Crippen LogP contribution in [0.15, 0.2) is 54.6 Å². The van der Waals surface area contributed by atoms with E-state index in [1.807, 2.05) is 49.4 Å². The van der Waals surface area contributed by atoms with Crippen LogP contribution in [0.4, 0.5) is 4.79 Å². The second kappa shape index (κ2) is 28.5. The second-order valence-corrected chi connectivity index (χ2v) is 13.6. The van der Waals surface area contributed by atoms with Crippen molar-refractivity contribution in [3.05, 3.63) is 65.7 Å². The molecule has 0 bridgehead atoms. The third-order valence-corrected chi connectivity index (χ3v) is 8.93. The average molecular weight is 697 g/mol. The first-order valence-electron chi connectivity index (χ1n) is 19.2. The number of hydrogen-bond acceptors (Lipinski definition) is 8. The minimum Gasteiger partial charge on any atom is -0.492 e. The van der Waals surface area contributed by atoms with E-state index in [1.165, 1.54) is 18.4 Å². The Morgan fingerprint density at radius 3 is 2.12 bits per heavy atom. The topological polar surface area (TPSA) is 144 Å². The van der Waals surface area contributed by atoms with Gasteiger partial charge in [-0.1, -0.05) is 69.2 Å². The third kappa shape index (κ3) is 21.8. The summed E-state index contributed by atoms with van der Waals surface area (Å²) in [6, 6.07) is 18.0. The molecule has 0 radical (unpaired) electrons. The molecule has 2 amide bonds. The van der Waals surface area contributed by atoms with Crippen LogP contribution in [0.2, 0.25) is 0 Å². The van der Waals surface area contributed by atoms with Crippen LogP contribution in [-0.2, 0) is 22.6 Å². The van der Waals surface area contributed by atoms with Crippen LogP contribution >= 0.6 is 0 Å². The predicted octanol–water partition coefficient (Wildman–Crippen LogP) is 5.63. The summed E-state index contributed by atoms with van der Waals surface area (Å²) in [5.74, 6) is 1.70. The number of unbranched alkanes of at least 4 members (excludes halogenated alkanes) is 3. The van der Waals surface area contributed by atoms with E-state index in [1.54, 1.807) is 0 Å². The van der Waals surface area contributed by atoms with E-state index >= 15 is 0 Å². The zero-order chi connectivity index (χ0) is 36.1. The summed E-state index contributed by atoms with van der Waals surface area (Å²) in [6.45, 7) is 12.7. The lowest BCUT2D eigenvalue weighted by atomic mass is 10.0. The Labute approximate surface area is 302 Å². The van der Waals surface area contributed by atoms with Crippen molar-refractivity contribution >= 4 is 12.0 Å². The van der Waals surface area contributed by atoms with Crippen LogP contribution < -0.4 is 32.2 Å². The lowest BCUT2D eigenvalue weighted by Crippen LogP contribution is -2.35. The molecule has 2 atom stereocenters. The molecule has 7 N–H and O–H groups in total. The van der Waals surface area contributed by atoms with Crippen molar-refractivity contribution in [2.45, 2.75) is 91.1 Å². The molecule has 0 aliphatic rings. The van der Waals surface area contributed by atoms with E-state index in [0.717, 1.165) is 108 Å². The predicted molar refractivity (Wildman–Crippen MR) is 205 cm³/mol. The average Bonchev–Trinajstić information content (AvgIpc) is 3.13. The van der Waals surface area contributed by atoms with Gasteiger partial charge in [0.05, 0.1) is 0 Å². The molecule has 0 saturated carbocycles. The number of nitrogens with two attached hydrogens (primary N) is 2. The number of nitrogens with zero attached hydrogens (tertiary/aromatic N) is 1. The second-order valence-electron chi connectivity index (χ2n) is 13.6. The van der Waals surface area contributed by atoms with Crippen molar-refractivity contribution in [3.63, 3.8) is 0 Å². The number of benzene rings is 2. The summed E-state index contributed by atoms with van der Waals surface area (Å²) in [5.41, 5.74) is 13.5. The maximum atomic E-state index is 12.5. The Hall–Kier alpha value is -3.18. The Bertz CT molecular complexity index is 1120. The first kappa shape index (κ1) is 43.0. The summed E-state index contributed by atoms with van der Waals surface area (Å²) in [4.78, 5) is 26.9. The van der Waals surface area contributed by atoms with Crippen LogP contribution in [0.5, 0.6) is 5.75 Å². The van der Waals surface area contributed by atoms with Crippen LogP contribution in [0.3, 0.4) is 0 Å². The van der Waals surface area contributed by atoms with E-state index in [2.05, 4.69) is 39.9 Å². The SMILES string of the molecule is C[C@@H](CCCCN)CNCCCN(CCCNC(=O)[C@@H](C)CCCCN)CCOc1ccc(CCCCNC(=O)OCc2ccccc2)cc1. The fourth-order valence-electron chi connectivity index (χ4n) is 5.73. The quantitative estimate of drug-likeness (QED) is 0.0662. The highest BCUT2D eigenvalue weighted by Crippen LogP contribution is 2.14. The Morgan fingerprint density at radius 1 is 0.720 bits per heavy atom. The molecule has 10 heteroatoms. The minimum atomic E-state index is -0.379. The van der Waals surface area contributed by atoms with E-state index in [9.17, 15) is 9.59 Å². The molecule has 2 rings (SSSR count). The molecule has 0 fully saturated rings. The van der Waals surface area contributed by atoms with Crippen molar-refractivity contribution in [3.8, 4) is 5.75 Å². The van der Waals surface area contributed by atoms with Gasteiger partial charge in [-0.25, -0.2) is 4.79 Å². The molecule has 2 aromatic rings.